The van der Waals surface area contributed by atoms with Crippen LogP contribution in [-0.4, -0.2) is 19.1 Å². The van der Waals surface area contributed by atoms with E-state index in [2.05, 4.69) is 193 Å². The molecule has 0 amide bonds. The number of rotatable bonds is 6. The summed E-state index contributed by atoms with van der Waals surface area (Å²) in [4.78, 5) is 9.80. The standard InChI is InChI=1S/C49H36N4/c1-33-25-27-50-47(29-33)52-43-19-11-9-17-39(43)41-23-21-37(31-45(41)52)49(35-13-5-3-6-14-35,36-15-7-4-8-16-36)38-22-24-42-40-18-10-12-20-44(40)53(46(42)32-38)48-30-34(2)26-28-51-48/h3-32H,1-2H3. The first-order valence-electron chi connectivity index (χ1n) is 18.2. The van der Waals surface area contributed by atoms with Gasteiger partial charge in [-0.05, 0) is 95.8 Å². The summed E-state index contributed by atoms with van der Waals surface area (Å²) in [6.07, 6.45) is 3.81. The number of hydrogen-bond donors (Lipinski definition) is 0. The minimum absolute atomic E-state index is 0.673. The highest BCUT2D eigenvalue weighted by Crippen LogP contribution is 2.48. The third kappa shape index (κ3) is 4.76. The minimum Gasteiger partial charge on any atom is -0.294 e. The molecule has 0 spiro atoms. The summed E-state index contributed by atoms with van der Waals surface area (Å²) in [7, 11) is 0. The molecule has 10 aromatic rings. The summed E-state index contributed by atoms with van der Waals surface area (Å²) in [6.45, 7) is 4.25. The number of nitrogens with zero attached hydrogens (tertiary/aromatic N) is 4. The second-order valence-electron chi connectivity index (χ2n) is 14.0. The maximum Gasteiger partial charge on any atom is 0.137 e. The van der Waals surface area contributed by atoms with E-state index < -0.39 is 5.41 Å². The fourth-order valence-electron chi connectivity index (χ4n) is 8.56. The van der Waals surface area contributed by atoms with Crippen molar-refractivity contribution in [1.29, 1.82) is 0 Å². The third-order valence-corrected chi connectivity index (χ3v) is 10.9. The number of benzene rings is 6. The number of aryl methyl sites for hydroxylation is 2. The van der Waals surface area contributed by atoms with E-state index in [0.29, 0.717) is 0 Å². The van der Waals surface area contributed by atoms with Crippen LogP contribution in [0.15, 0.2) is 182 Å². The molecule has 10 rings (SSSR count). The highest BCUT2D eigenvalue weighted by Gasteiger charge is 2.39. The van der Waals surface area contributed by atoms with Crippen LogP contribution in [-0.2, 0) is 5.41 Å². The smallest absolute Gasteiger partial charge is 0.137 e. The van der Waals surface area contributed by atoms with Crippen LogP contribution in [0.3, 0.4) is 0 Å². The average molecular weight is 681 g/mol. The number of fused-ring (bicyclic) bond motifs is 6. The quantitative estimate of drug-likeness (QED) is 0.164. The van der Waals surface area contributed by atoms with Crippen LogP contribution >= 0.6 is 0 Å². The molecular weight excluding hydrogens is 645 g/mol. The van der Waals surface area contributed by atoms with Gasteiger partial charge in [0.25, 0.3) is 0 Å². The molecule has 53 heavy (non-hydrogen) atoms. The maximum absolute atomic E-state index is 4.90. The Morgan fingerprint density at radius 3 is 1.19 bits per heavy atom. The van der Waals surface area contributed by atoms with E-state index in [-0.39, 0.29) is 0 Å². The van der Waals surface area contributed by atoms with Crippen molar-refractivity contribution in [2.24, 2.45) is 0 Å². The number of aromatic nitrogens is 4. The molecule has 0 aliphatic carbocycles. The first-order chi connectivity index (χ1) is 26.1. The van der Waals surface area contributed by atoms with Gasteiger partial charge in [0.15, 0.2) is 0 Å². The van der Waals surface area contributed by atoms with Crippen molar-refractivity contribution >= 4 is 43.6 Å². The second kappa shape index (κ2) is 12.2. The Labute approximate surface area is 308 Å². The summed E-state index contributed by atoms with van der Waals surface area (Å²) in [5.41, 5.74) is 10.9. The molecule has 0 saturated carbocycles. The molecule has 4 aromatic heterocycles. The third-order valence-electron chi connectivity index (χ3n) is 10.9. The van der Waals surface area contributed by atoms with E-state index >= 15 is 0 Å². The van der Waals surface area contributed by atoms with Gasteiger partial charge in [0, 0.05) is 33.9 Å². The van der Waals surface area contributed by atoms with E-state index in [1.54, 1.807) is 0 Å². The van der Waals surface area contributed by atoms with Crippen molar-refractivity contribution in [1.82, 2.24) is 19.1 Å². The second-order valence-corrected chi connectivity index (χ2v) is 14.0. The Kier molecular flexibility index (Phi) is 7.12. The molecule has 0 atom stereocenters. The number of hydrogen-bond acceptors (Lipinski definition) is 2. The lowest BCUT2D eigenvalue weighted by Crippen LogP contribution is -2.31. The van der Waals surface area contributed by atoms with Crippen LogP contribution in [0.25, 0.3) is 55.2 Å². The topological polar surface area (TPSA) is 35.6 Å². The Balaban J connectivity index is 1.35. The van der Waals surface area contributed by atoms with Gasteiger partial charge in [0.05, 0.1) is 27.5 Å². The Bertz CT molecular complexity index is 2770. The largest absolute Gasteiger partial charge is 0.294 e. The van der Waals surface area contributed by atoms with Crippen molar-refractivity contribution in [2.75, 3.05) is 0 Å². The Morgan fingerprint density at radius 1 is 0.358 bits per heavy atom. The van der Waals surface area contributed by atoms with Gasteiger partial charge in [-0.25, -0.2) is 9.97 Å². The monoisotopic (exact) mass is 680 g/mol. The molecule has 4 heteroatoms. The molecule has 0 aliphatic heterocycles. The van der Waals surface area contributed by atoms with Gasteiger partial charge in [-0.2, -0.15) is 0 Å². The summed E-state index contributed by atoms with van der Waals surface area (Å²) < 4.78 is 4.65. The van der Waals surface area contributed by atoms with Gasteiger partial charge in [-0.3, -0.25) is 9.13 Å². The first-order valence-corrected chi connectivity index (χ1v) is 18.2. The highest BCUT2D eigenvalue weighted by atomic mass is 15.1. The predicted molar refractivity (Wildman–Crippen MR) is 218 cm³/mol. The fraction of sp³-hybridized carbons (Fsp3) is 0.0612. The van der Waals surface area contributed by atoms with Crippen LogP contribution in [0.5, 0.6) is 0 Å². The van der Waals surface area contributed by atoms with Crippen molar-refractivity contribution in [3.05, 3.63) is 216 Å². The van der Waals surface area contributed by atoms with Crippen molar-refractivity contribution in [3.8, 4) is 11.6 Å². The first kappa shape index (κ1) is 31.0. The van der Waals surface area contributed by atoms with Crippen LogP contribution in [0.4, 0.5) is 0 Å². The summed E-state index contributed by atoms with van der Waals surface area (Å²) in [5, 5.41) is 4.81. The molecule has 4 heterocycles. The van der Waals surface area contributed by atoms with Crippen LogP contribution in [0.1, 0.15) is 33.4 Å². The van der Waals surface area contributed by atoms with E-state index in [4.69, 9.17) is 9.97 Å². The van der Waals surface area contributed by atoms with Gasteiger partial charge < -0.3 is 0 Å². The van der Waals surface area contributed by atoms with Gasteiger partial charge in [0.2, 0.25) is 0 Å². The van der Waals surface area contributed by atoms with Gasteiger partial charge in [-0.1, -0.05) is 121 Å². The summed E-state index contributed by atoms with van der Waals surface area (Å²) in [5.74, 6) is 1.82. The van der Waals surface area contributed by atoms with Crippen LogP contribution < -0.4 is 0 Å². The average Bonchev–Trinajstić information content (AvgIpc) is 3.71. The molecule has 4 nitrogen and oxygen atoms in total. The number of para-hydroxylation sites is 2. The zero-order chi connectivity index (χ0) is 35.5. The van der Waals surface area contributed by atoms with Gasteiger partial charge >= 0.3 is 0 Å². The SMILES string of the molecule is Cc1ccnc(-n2c3ccccc3c3ccc(C(c4ccccc4)(c4ccccc4)c4ccc5c6ccccc6n(-c6cc(C)ccn6)c5c4)cc32)c1. The molecule has 0 saturated heterocycles. The molecule has 0 radical (unpaired) electrons. The molecule has 0 unspecified atom stereocenters. The number of pyridine rings is 2. The molecule has 0 bridgehead atoms. The van der Waals surface area contributed by atoms with E-state index in [1.165, 1.54) is 54.9 Å². The van der Waals surface area contributed by atoms with Crippen LogP contribution in [0, 0.1) is 13.8 Å². The van der Waals surface area contributed by atoms with Crippen molar-refractivity contribution in [3.63, 3.8) is 0 Å². The van der Waals surface area contributed by atoms with Crippen molar-refractivity contribution < 1.29 is 0 Å². The molecule has 6 aromatic carbocycles. The summed E-state index contributed by atoms with van der Waals surface area (Å²) >= 11 is 0. The van der Waals surface area contributed by atoms with Gasteiger partial charge in [-0.15, -0.1) is 0 Å². The van der Waals surface area contributed by atoms with Gasteiger partial charge in [0.1, 0.15) is 11.6 Å². The van der Waals surface area contributed by atoms with E-state index in [1.807, 2.05) is 12.4 Å². The minimum atomic E-state index is -0.673. The Hall–Kier alpha value is -6.78. The van der Waals surface area contributed by atoms with E-state index in [0.717, 1.165) is 33.7 Å². The fourth-order valence-corrected chi connectivity index (χ4v) is 8.56. The molecule has 0 aliphatic rings. The lowest BCUT2D eigenvalue weighted by Gasteiger charge is -2.37. The zero-order valence-electron chi connectivity index (χ0n) is 29.6. The lowest BCUT2D eigenvalue weighted by atomic mass is 9.65. The highest BCUT2D eigenvalue weighted by molar-refractivity contribution is 6.10. The normalized spacial score (nSPS) is 12.0. The molecule has 0 N–H and O–H groups in total. The molecule has 252 valence electrons. The molecule has 0 fully saturated rings. The maximum atomic E-state index is 4.90. The predicted octanol–water partition coefficient (Wildman–Crippen LogP) is 11.7. The van der Waals surface area contributed by atoms with E-state index in [9.17, 15) is 0 Å². The lowest BCUT2D eigenvalue weighted by molar-refractivity contribution is 0.746. The molecular formula is C49H36N4. The zero-order valence-corrected chi connectivity index (χ0v) is 29.6. The summed E-state index contributed by atoms with van der Waals surface area (Å²) in [6, 6.07) is 61.8. The van der Waals surface area contributed by atoms with Crippen LogP contribution in [0.2, 0.25) is 0 Å². The van der Waals surface area contributed by atoms with Crippen molar-refractivity contribution in [2.45, 2.75) is 19.3 Å². The Morgan fingerprint density at radius 2 is 0.755 bits per heavy atom.